The second-order valence-electron chi connectivity index (χ2n) is 7.91. The monoisotopic (exact) mass is 381 g/mol. The van der Waals surface area contributed by atoms with E-state index in [2.05, 4.69) is 54.6 Å². The Labute approximate surface area is 167 Å². The van der Waals surface area contributed by atoms with Crippen molar-refractivity contribution in [1.29, 1.82) is 0 Å². The molecule has 0 N–H and O–H groups in total. The lowest BCUT2D eigenvalue weighted by atomic mass is 10.0. The van der Waals surface area contributed by atoms with Crippen LogP contribution in [0.4, 0.5) is 5.69 Å². The number of anilines is 1. The van der Waals surface area contributed by atoms with E-state index in [1.165, 1.54) is 12.1 Å². The maximum Gasteiger partial charge on any atom is 0.224 e. The number of likely N-dealkylation sites (tertiary alicyclic amines) is 1. The molecule has 28 heavy (non-hydrogen) atoms. The fraction of sp³-hybridized carbons (Fsp3) is 0.545. The van der Waals surface area contributed by atoms with Crippen molar-refractivity contribution < 1.29 is 4.79 Å². The first kappa shape index (κ1) is 19.0. The summed E-state index contributed by atoms with van der Waals surface area (Å²) in [5, 5.41) is 0. The summed E-state index contributed by atoms with van der Waals surface area (Å²) in [6.45, 7) is 8.78. The number of carbonyl (C=O) groups is 1. The summed E-state index contributed by atoms with van der Waals surface area (Å²) in [7, 11) is 0. The molecule has 1 aromatic carbocycles. The van der Waals surface area contributed by atoms with E-state index in [1.807, 2.05) is 13.1 Å². The Morgan fingerprint density at radius 2 is 1.89 bits per heavy atom. The molecule has 2 aliphatic heterocycles. The van der Waals surface area contributed by atoms with Gasteiger partial charge in [-0.3, -0.25) is 9.69 Å². The molecule has 0 spiro atoms. The van der Waals surface area contributed by atoms with Gasteiger partial charge in [-0.05, 0) is 31.9 Å². The van der Waals surface area contributed by atoms with E-state index in [9.17, 15) is 4.79 Å². The molecule has 1 aromatic heterocycles. The predicted molar refractivity (Wildman–Crippen MR) is 111 cm³/mol. The maximum atomic E-state index is 12.7. The highest BCUT2D eigenvalue weighted by atomic mass is 16.2. The van der Waals surface area contributed by atoms with E-state index in [4.69, 9.17) is 0 Å². The lowest BCUT2D eigenvalue weighted by Crippen LogP contribution is -2.55. The highest BCUT2D eigenvalue weighted by Gasteiger charge is 2.29. The highest BCUT2D eigenvalue weighted by Crippen LogP contribution is 2.21. The molecule has 6 nitrogen and oxygen atoms in total. The first-order chi connectivity index (χ1) is 13.7. The number of piperidine rings is 1. The van der Waals surface area contributed by atoms with Gasteiger partial charge in [-0.2, -0.15) is 0 Å². The van der Waals surface area contributed by atoms with Gasteiger partial charge >= 0.3 is 0 Å². The van der Waals surface area contributed by atoms with E-state index in [0.29, 0.717) is 12.5 Å². The predicted octanol–water partition coefficient (Wildman–Crippen LogP) is 2.39. The average molecular weight is 382 g/mol. The lowest BCUT2D eigenvalue weighted by molar-refractivity contribution is -0.133. The molecule has 0 aliphatic carbocycles. The first-order valence-corrected chi connectivity index (χ1v) is 10.5. The van der Waals surface area contributed by atoms with Crippen LogP contribution in [0.25, 0.3) is 0 Å². The topological polar surface area (TPSA) is 44.6 Å². The summed E-state index contributed by atoms with van der Waals surface area (Å²) >= 11 is 0. The van der Waals surface area contributed by atoms with Gasteiger partial charge in [-0.25, -0.2) is 4.98 Å². The second-order valence-corrected chi connectivity index (χ2v) is 7.91. The maximum absolute atomic E-state index is 12.7. The largest absolute Gasteiger partial charge is 0.369 e. The Balaban J connectivity index is 1.27. The van der Waals surface area contributed by atoms with Gasteiger partial charge in [0.2, 0.25) is 5.91 Å². The molecule has 1 amide bonds. The van der Waals surface area contributed by atoms with Crippen LogP contribution in [0.15, 0.2) is 42.7 Å². The first-order valence-electron chi connectivity index (χ1n) is 10.5. The number of benzene rings is 1. The molecule has 0 saturated carbocycles. The summed E-state index contributed by atoms with van der Waals surface area (Å²) in [4.78, 5) is 24.1. The number of imidazole rings is 1. The Bertz CT molecular complexity index is 766. The van der Waals surface area contributed by atoms with Crippen molar-refractivity contribution in [3.63, 3.8) is 0 Å². The van der Waals surface area contributed by atoms with Crippen LogP contribution in [-0.4, -0.2) is 70.6 Å². The lowest BCUT2D eigenvalue weighted by Gasteiger charge is -2.44. The number of carbonyl (C=O) groups excluding carboxylic acids is 1. The molecular weight excluding hydrogens is 350 g/mol. The van der Waals surface area contributed by atoms with Crippen molar-refractivity contribution >= 4 is 11.6 Å². The number of amides is 1. The molecule has 1 unspecified atom stereocenters. The fourth-order valence-electron chi connectivity index (χ4n) is 4.48. The molecule has 0 bridgehead atoms. The van der Waals surface area contributed by atoms with Gasteiger partial charge in [0.1, 0.15) is 5.82 Å². The second kappa shape index (κ2) is 8.78. The summed E-state index contributed by atoms with van der Waals surface area (Å²) in [6.07, 6.45) is 6.63. The van der Waals surface area contributed by atoms with Crippen molar-refractivity contribution in [2.75, 3.05) is 44.2 Å². The molecule has 2 aromatic rings. The van der Waals surface area contributed by atoms with Gasteiger partial charge < -0.3 is 14.4 Å². The summed E-state index contributed by atoms with van der Waals surface area (Å²) in [6, 6.07) is 11.2. The highest BCUT2D eigenvalue weighted by molar-refractivity contribution is 5.76. The summed E-state index contributed by atoms with van der Waals surface area (Å²) < 4.78 is 2.06. The molecular formula is C22H31N5O. The zero-order valence-electron chi connectivity index (χ0n) is 16.8. The number of piperazine rings is 1. The smallest absolute Gasteiger partial charge is 0.224 e. The number of aryl methyl sites for hydroxylation is 2. The van der Waals surface area contributed by atoms with E-state index >= 15 is 0 Å². The molecule has 2 aliphatic rings. The normalized spacial score (nSPS) is 21.1. The summed E-state index contributed by atoms with van der Waals surface area (Å²) in [5.41, 5.74) is 1.32. The van der Waals surface area contributed by atoms with E-state index in [-0.39, 0.29) is 5.91 Å². The number of para-hydroxylation sites is 1. The Hall–Kier alpha value is -2.34. The standard InChI is InChI=1S/C22H31N5O/c1-19-23-10-13-24(19)12-9-22(28)27-11-5-8-21(18-27)26-16-14-25(15-17-26)20-6-3-2-4-7-20/h2-4,6-7,10,13,21H,5,8-9,11-12,14-18H2,1H3. The van der Waals surface area contributed by atoms with Crippen LogP contribution in [0.1, 0.15) is 25.1 Å². The van der Waals surface area contributed by atoms with Crippen LogP contribution in [0.3, 0.4) is 0 Å². The zero-order chi connectivity index (χ0) is 19.3. The third-order valence-corrected chi connectivity index (χ3v) is 6.19. The van der Waals surface area contributed by atoms with Crippen LogP contribution >= 0.6 is 0 Å². The molecule has 150 valence electrons. The minimum Gasteiger partial charge on any atom is -0.369 e. The molecule has 2 fully saturated rings. The SMILES string of the molecule is Cc1nccn1CCC(=O)N1CCCC(N2CCN(c3ccccc3)CC2)C1. The van der Waals surface area contributed by atoms with Crippen LogP contribution in [0, 0.1) is 6.92 Å². The minimum atomic E-state index is 0.278. The number of rotatable bonds is 5. The number of aromatic nitrogens is 2. The molecule has 4 rings (SSSR count). The molecule has 0 radical (unpaired) electrons. The van der Waals surface area contributed by atoms with Crippen LogP contribution in [-0.2, 0) is 11.3 Å². The van der Waals surface area contributed by atoms with Gasteiger partial charge in [-0.15, -0.1) is 0 Å². The van der Waals surface area contributed by atoms with Gasteiger partial charge in [0.15, 0.2) is 0 Å². The third kappa shape index (κ3) is 4.38. The van der Waals surface area contributed by atoms with Gasteiger partial charge in [0, 0.05) is 76.4 Å². The Kier molecular flexibility index (Phi) is 5.95. The quantitative estimate of drug-likeness (QED) is 0.798. The minimum absolute atomic E-state index is 0.278. The van der Waals surface area contributed by atoms with Crippen molar-refractivity contribution in [2.45, 2.75) is 38.8 Å². The average Bonchev–Trinajstić information content (AvgIpc) is 3.17. The van der Waals surface area contributed by atoms with Crippen molar-refractivity contribution in [3.05, 3.63) is 48.5 Å². The van der Waals surface area contributed by atoms with Gasteiger partial charge in [0.05, 0.1) is 0 Å². The van der Waals surface area contributed by atoms with Crippen LogP contribution < -0.4 is 4.90 Å². The number of hydrogen-bond acceptors (Lipinski definition) is 4. The Morgan fingerprint density at radius 3 is 2.61 bits per heavy atom. The Morgan fingerprint density at radius 1 is 1.11 bits per heavy atom. The molecule has 3 heterocycles. The third-order valence-electron chi connectivity index (χ3n) is 6.19. The zero-order valence-corrected chi connectivity index (χ0v) is 16.8. The molecule has 6 heteroatoms. The van der Waals surface area contributed by atoms with Gasteiger partial charge in [-0.1, -0.05) is 18.2 Å². The molecule has 2 saturated heterocycles. The van der Waals surface area contributed by atoms with Crippen molar-refractivity contribution in [3.8, 4) is 0 Å². The van der Waals surface area contributed by atoms with Crippen molar-refractivity contribution in [1.82, 2.24) is 19.4 Å². The number of nitrogens with zero attached hydrogens (tertiary/aromatic N) is 5. The number of hydrogen-bond donors (Lipinski definition) is 0. The van der Waals surface area contributed by atoms with Crippen LogP contribution in [0.2, 0.25) is 0 Å². The fourth-order valence-corrected chi connectivity index (χ4v) is 4.48. The van der Waals surface area contributed by atoms with Gasteiger partial charge in [0.25, 0.3) is 0 Å². The van der Waals surface area contributed by atoms with Crippen LogP contribution in [0.5, 0.6) is 0 Å². The van der Waals surface area contributed by atoms with Crippen molar-refractivity contribution in [2.24, 2.45) is 0 Å². The van der Waals surface area contributed by atoms with E-state index in [0.717, 1.165) is 58.1 Å². The van der Waals surface area contributed by atoms with E-state index < -0.39 is 0 Å². The summed E-state index contributed by atoms with van der Waals surface area (Å²) in [5.74, 6) is 1.25. The van der Waals surface area contributed by atoms with E-state index in [1.54, 1.807) is 6.20 Å². The molecule has 1 atom stereocenters.